The van der Waals surface area contributed by atoms with Crippen LogP contribution < -0.4 is 9.80 Å². The fraction of sp³-hybridized carbons (Fsp3) is 0.406. The fourth-order valence-electron chi connectivity index (χ4n) is 6.07. The number of benzene rings is 2. The first-order chi connectivity index (χ1) is 19.0. The summed E-state index contributed by atoms with van der Waals surface area (Å²) in [5.74, 6) is 1.41. The first kappa shape index (κ1) is 26.7. The first-order valence-corrected chi connectivity index (χ1v) is 13.9. The maximum atomic E-state index is 13.7. The third-order valence-corrected chi connectivity index (χ3v) is 8.33. The molecule has 0 radical (unpaired) electrons. The number of pyridine rings is 1. The van der Waals surface area contributed by atoms with Crippen LogP contribution in [0.4, 0.5) is 11.5 Å². The van der Waals surface area contributed by atoms with Crippen LogP contribution in [0, 0.1) is 31.1 Å². The molecule has 2 saturated heterocycles. The molecule has 0 spiro atoms. The number of carbonyl (C=O) groups excluding carboxylic acids is 1. The molecule has 39 heavy (non-hydrogen) atoms. The highest BCUT2D eigenvalue weighted by atomic mass is 16.3. The van der Waals surface area contributed by atoms with Crippen LogP contribution in [-0.4, -0.2) is 66.3 Å². The number of amides is 1. The van der Waals surface area contributed by atoms with E-state index in [9.17, 15) is 15.2 Å². The Morgan fingerprint density at radius 1 is 1.03 bits per heavy atom. The van der Waals surface area contributed by atoms with Crippen molar-refractivity contribution < 1.29 is 9.90 Å². The number of carbonyl (C=O) groups is 1. The Balaban J connectivity index is 1.26. The predicted molar refractivity (Wildman–Crippen MR) is 154 cm³/mol. The van der Waals surface area contributed by atoms with Gasteiger partial charge in [0.1, 0.15) is 11.9 Å². The molecule has 202 valence electrons. The van der Waals surface area contributed by atoms with Crippen LogP contribution in [0.15, 0.2) is 60.8 Å². The van der Waals surface area contributed by atoms with Gasteiger partial charge >= 0.3 is 0 Å². The lowest BCUT2D eigenvalue weighted by molar-refractivity contribution is 0.0698. The molecule has 2 aromatic carbocycles. The summed E-state index contributed by atoms with van der Waals surface area (Å²) >= 11 is 0. The van der Waals surface area contributed by atoms with Gasteiger partial charge in [-0.3, -0.25) is 4.79 Å². The predicted octanol–water partition coefficient (Wildman–Crippen LogP) is 4.35. The van der Waals surface area contributed by atoms with Crippen molar-refractivity contribution >= 4 is 17.4 Å². The van der Waals surface area contributed by atoms with Gasteiger partial charge in [0.25, 0.3) is 5.91 Å². The molecule has 1 aromatic heterocycles. The van der Waals surface area contributed by atoms with Crippen molar-refractivity contribution in [2.24, 2.45) is 5.92 Å². The highest BCUT2D eigenvalue weighted by Crippen LogP contribution is 2.30. The third kappa shape index (κ3) is 5.76. The number of piperidine rings is 1. The SMILES string of the molecule is Cc1cc(C)c(C(=O)N2CCN(c3ccccn3)[C@H](CO)C2)cc1CC1CCN(c2ccccc2C#N)CC1. The lowest BCUT2D eigenvalue weighted by Gasteiger charge is -2.41. The van der Waals surface area contributed by atoms with Gasteiger partial charge in [0.2, 0.25) is 0 Å². The van der Waals surface area contributed by atoms with Gasteiger partial charge in [-0.25, -0.2) is 4.98 Å². The molecule has 1 amide bonds. The molecule has 0 unspecified atom stereocenters. The Morgan fingerprint density at radius 2 is 1.79 bits per heavy atom. The smallest absolute Gasteiger partial charge is 0.254 e. The second kappa shape index (κ2) is 11.9. The minimum Gasteiger partial charge on any atom is -0.394 e. The summed E-state index contributed by atoms with van der Waals surface area (Å²) in [5, 5.41) is 19.6. The summed E-state index contributed by atoms with van der Waals surface area (Å²) in [6.45, 7) is 7.70. The number of nitriles is 1. The molecule has 0 bridgehead atoms. The van der Waals surface area contributed by atoms with Gasteiger partial charge in [0, 0.05) is 44.5 Å². The van der Waals surface area contributed by atoms with E-state index < -0.39 is 0 Å². The van der Waals surface area contributed by atoms with E-state index in [-0.39, 0.29) is 18.6 Å². The zero-order valence-electron chi connectivity index (χ0n) is 22.9. The number of aryl methyl sites for hydroxylation is 2. The van der Waals surface area contributed by atoms with Gasteiger partial charge in [0.15, 0.2) is 0 Å². The van der Waals surface area contributed by atoms with Crippen LogP contribution in [-0.2, 0) is 6.42 Å². The molecule has 7 heteroatoms. The standard InChI is InChI=1S/C32H37N5O2/c1-23-17-24(2)29(32(39)36-15-16-37(28(21-36)22-38)31-9-5-6-12-34-31)19-27(23)18-25-10-13-35(14-11-25)30-8-4-3-7-26(30)20-33/h3-9,12,17,19,25,28,38H,10-11,13-16,18,21-22H2,1-2H3/t28-/m0/s1. The van der Waals surface area contributed by atoms with Crippen LogP contribution in [0.3, 0.4) is 0 Å². The highest BCUT2D eigenvalue weighted by molar-refractivity contribution is 5.96. The molecule has 0 aliphatic carbocycles. The van der Waals surface area contributed by atoms with Gasteiger partial charge < -0.3 is 19.8 Å². The fourth-order valence-corrected chi connectivity index (χ4v) is 6.07. The van der Waals surface area contributed by atoms with E-state index >= 15 is 0 Å². The van der Waals surface area contributed by atoms with Crippen LogP contribution in [0.5, 0.6) is 0 Å². The Bertz CT molecular complexity index is 1340. The Kier molecular flexibility index (Phi) is 8.13. The van der Waals surface area contributed by atoms with E-state index in [1.54, 1.807) is 6.20 Å². The second-order valence-corrected chi connectivity index (χ2v) is 10.8. The molecule has 2 fully saturated rings. The van der Waals surface area contributed by atoms with Crippen LogP contribution in [0.25, 0.3) is 0 Å². The maximum absolute atomic E-state index is 13.7. The largest absolute Gasteiger partial charge is 0.394 e. The topological polar surface area (TPSA) is 83.7 Å². The number of aliphatic hydroxyl groups excluding tert-OH is 1. The molecular formula is C32H37N5O2. The molecule has 1 N–H and O–H groups in total. The Labute approximate surface area is 231 Å². The van der Waals surface area contributed by atoms with Crippen LogP contribution >= 0.6 is 0 Å². The minimum absolute atomic E-state index is 0.0317. The van der Waals surface area contributed by atoms with Gasteiger partial charge in [-0.05, 0) is 86.1 Å². The molecule has 0 saturated carbocycles. The summed E-state index contributed by atoms with van der Waals surface area (Å²) in [4.78, 5) is 24.5. The zero-order valence-corrected chi connectivity index (χ0v) is 22.9. The number of nitrogens with zero attached hydrogens (tertiary/aromatic N) is 5. The normalized spacial score (nSPS) is 18.2. The second-order valence-electron chi connectivity index (χ2n) is 10.8. The van der Waals surface area contributed by atoms with Crippen molar-refractivity contribution in [3.63, 3.8) is 0 Å². The van der Waals surface area contributed by atoms with Crippen molar-refractivity contribution in [1.29, 1.82) is 5.26 Å². The van der Waals surface area contributed by atoms with E-state index in [4.69, 9.17) is 0 Å². The number of aliphatic hydroxyl groups is 1. The lowest BCUT2D eigenvalue weighted by atomic mass is 9.86. The average Bonchev–Trinajstić information content (AvgIpc) is 2.98. The number of aromatic nitrogens is 1. The molecule has 2 aliphatic heterocycles. The number of rotatable bonds is 6. The van der Waals surface area contributed by atoms with Crippen molar-refractivity contribution in [2.75, 3.05) is 49.1 Å². The van der Waals surface area contributed by atoms with Crippen LogP contribution in [0.2, 0.25) is 0 Å². The maximum Gasteiger partial charge on any atom is 0.254 e. The first-order valence-electron chi connectivity index (χ1n) is 13.9. The van der Waals surface area contributed by atoms with E-state index in [1.165, 1.54) is 11.1 Å². The van der Waals surface area contributed by atoms with Gasteiger partial charge in [-0.15, -0.1) is 0 Å². The average molecular weight is 524 g/mol. The summed E-state index contributed by atoms with van der Waals surface area (Å²) in [6, 6.07) is 20.0. The molecule has 7 nitrogen and oxygen atoms in total. The molecule has 1 atom stereocenters. The Morgan fingerprint density at radius 3 is 2.51 bits per heavy atom. The Hall–Kier alpha value is -3.89. The van der Waals surface area contributed by atoms with Gasteiger partial charge in [-0.1, -0.05) is 24.3 Å². The number of hydrogen-bond acceptors (Lipinski definition) is 6. The number of piperazine rings is 1. The molecular weight excluding hydrogens is 486 g/mol. The zero-order chi connectivity index (χ0) is 27.4. The molecule has 3 aromatic rings. The monoisotopic (exact) mass is 523 g/mol. The summed E-state index contributed by atoms with van der Waals surface area (Å²) in [5.41, 5.74) is 6.00. The minimum atomic E-state index is -0.181. The molecule has 5 rings (SSSR count). The summed E-state index contributed by atoms with van der Waals surface area (Å²) in [7, 11) is 0. The number of hydrogen-bond donors (Lipinski definition) is 1. The van der Waals surface area contributed by atoms with Crippen LogP contribution in [0.1, 0.15) is 45.5 Å². The molecule has 2 aliphatic rings. The van der Waals surface area contributed by atoms with E-state index in [0.717, 1.165) is 60.5 Å². The van der Waals surface area contributed by atoms with Crippen molar-refractivity contribution in [2.45, 2.75) is 39.2 Å². The van der Waals surface area contributed by atoms with Gasteiger partial charge in [0.05, 0.1) is 23.9 Å². The number of para-hydroxylation sites is 1. The lowest BCUT2D eigenvalue weighted by Crippen LogP contribution is -2.56. The van der Waals surface area contributed by atoms with E-state index in [0.29, 0.717) is 25.6 Å². The van der Waals surface area contributed by atoms with E-state index in [2.05, 4.69) is 39.9 Å². The highest BCUT2D eigenvalue weighted by Gasteiger charge is 2.31. The van der Waals surface area contributed by atoms with Crippen molar-refractivity contribution in [1.82, 2.24) is 9.88 Å². The third-order valence-electron chi connectivity index (χ3n) is 8.33. The molecule has 3 heterocycles. The van der Waals surface area contributed by atoms with Crippen molar-refractivity contribution in [3.05, 3.63) is 88.6 Å². The van der Waals surface area contributed by atoms with E-state index in [1.807, 2.05) is 54.3 Å². The number of anilines is 2. The summed E-state index contributed by atoms with van der Waals surface area (Å²) < 4.78 is 0. The van der Waals surface area contributed by atoms with Gasteiger partial charge in [-0.2, -0.15) is 5.26 Å². The quantitative estimate of drug-likeness (QED) is 0.517. The van der Waals surface area contributed by atoms with Crippen molar-refractivity contribution in [3.8, 4) is 6.07 Å². The summed E-state index contributed by atoms with van der Waals surface area (Å²) in [6.07, 6.45) is 4.83.